The number of hydrogen-bond donors (Lipinski definition) is 1. The predicted molar refractivity (Wildman–Crippen MR) is 104 cm³/mol. The van der Waals surface area contributed by atoms with Crippen LogP contribution in [0, 0.1) is 11.8 Å². The van der Waals surface area contributed by atoms with Crippen LogP contribution in [0.2, 0.25) is 0 Å². The molecule has 29 heavy (non-hydrogen) atoms. The maximum Gasteiger partial charge on any atom is 0.267 e. The van der Waals surface area contributed by atoms with E-state index in [0.717, 1.165) is 12.1 Å². The highest BCUT2D eigenvalue weighted by Crippen LogP contribution is 2.45. The third kappa shape index (κ3) is 3.02. The number of hydrogen-bond acceptors (Lipinski definition) is 7. The molecule has 4 heterocycles. The fourth-order valence-electron chi connectivity index (χ4n) is 5.03. The fraction of sp³-hybridized carbons (Fsp3) is 0.650. The Morgan fingerprint density at radius 2 is 1.97 bits per heavy atom. The van der Waals surface area contributed by atoms with Crippen LogP contribution in [-0.4, -0.2) is 63.3 Å². The van der Waals surface area contributed by atoms with Crippen LogP contribution in [0.3, 0.4) is 0 Å². The minimum absolute atomic E-state index is 0.0129. The zero-order valence-electron chi connectivity index (χ0n) is 16.1. The Labute approximate surface area is 172 Å². The van der Waals surface area contributed by atoms with Gasteiger partial charge in [-0.2, -0.15) is 0 Å². The monoisotopic (exact) mass is 416 g/mol. The Hall–Kier alpha value is -2.13. The summed E-state index contributed by atoms with van der Waals surface area (Å²) in [4.78, 5) is 15.7. The van der Waals surface area contributed by atoms with Crippen LogP contribution in [0.4, 0.5) is 0 Å². The van der Waals surface area contributed by atoms with Gasteiger partial charge < -0.3 is 19.5 Å². The molecule has 1 saturated heterocycles. The number of aliphatic hydroxyl groups is 1. The third-order valence-corrected chi connectivity index (χ3v) is 7.68. The molecule has 2 aromatic heterocycles. The maximum atomic E-state index is 13.2. The first-order valence-electron chi connectivity index (χ1n) is 10.4. The van der Waals surface area contributed by atoms with E-state index in [2.05, 4.69) is 10.3 Å². The van der Waals surface area contributed by atoms with E-state index in [1.807, 2.05) is 21.2 Å². The Kier molecular flexibility index (Phi) is 4.09. The number of thiophene rings is 1. The van der Waals surface area contributed by atoms with E-state index in [0.29, 0.717) is 66.9 Å². The summed E-state index contributed by atoms with van der Waals surface area (Å²) in [5.74, 6) is 2.53. The quantitative estimate of drug-likeness (QED) is 0.824. The molecular weight excluding hydrogens is 392 g/mol. The van der Waals surface area contributed by atoms with E-state index < -0.39 is 6.10 Å². The van der Waals surface area contributed by atoms with E-state index in [4.69, 9.17) is 9.47 Å². The lowest BCUT2D eigenvalue weighted by molar-refractivity contribution is 0.0298. The molecule has 1 amide bonds. The first-order chi connectivity index (χ1) is 14.2. The lowest BCUT2D eigenvalue weighted by Crippen LogP contribution is -2.36. The summed E-state index contributed by atoms with van der Waals surface area (Å²) < 4.78 is 13.1. The second-order valence-electron chi connectivity index (χ2n) is 8.69. The van der Waals surface area contributed by atoms with Gasteiger partial charge in [-0.15, -0.1) is 16.4 Å². The molecule has 154 valence electrons. The molecule has 0 aromatic carbocycles. The number of carbonyl (C=O) groups excluding carboxylic acids is 1. The molecule has 0 unspecified atom stereocenters. The van der Waals surface area contributed by atoms with E-state index >= 15 is 0 Å². The first kappa shape index (κ1) is 17.7. The van der Waals surface area contributed by atoms with Crippen LogP contribution in [-0.2, 0) is 0 Å². The van der Waals surface area contributed by atoms with Crippen molar-refractivity contribution in [1.82, 2.24) is 19.9 Å². The van der Waals surface area contributed by atoms with E-state index in [9.17, 15) is 9.90 Å². The Morgan fingerprint density at radius 3 is 2.79 bits per heavy atom. The van der Waals surface area contributed by atoms with Gasteiger partial charge in [0.15, 0.2) is 11.5 Å². The van der Waals surface area contributed by atoms with Crippen molar-refractivity contribution in [3.8, 4) is 11.5 Å². The van der Waals surface area contributed by atoms with Gasteiger partial charge in [0.1, 0.15) is 18.1 Å². The van der Waals surface area contributed by atoms with Crippen LogP contribution < -0.4 is 9.47 Å². The van der Waals surface area contributed by atoms with Gasteiger partial charge >= 0.3 is 0 Å². The summed E-state index contributed by atoms with van der Waals surface area (Å²) in [6.45, 7) is 2.40. The highest BCUT2D eigenvalue weighted by atomic mass is 32.1. The smallest absolute Gasteiger partial charge is 0.267 e. The zero-order chi connectivity index (χ0) is 19.5. The number of likely N-dealkylation sites (tertiary alicyclic amines) is 1. The van der Waals surface area contributed by atoms with Crippen molar-refractivity contribution in [2.24, 2.45) is 11.8 Å². The summed E-state index contributed by atoms with van der Waals surface area (Å²) in [6.07, 6.45) is 5.46. The second kappa shape index (κ2) is 6.70. The maximum absolute atomic E-state index is 13.2. The lowest BCUT2D eigenvalue weighted by atomic mass is 9.77. The van der Waals surface area contributed by atoms with Gasteiger partial charge in [-0.05, 0) is 37.5 Å². The predicted octanol–water partition coefficient (Wildman–Crippen LogP) is 2.07. The number of ether oxygens (including phenoxy) is 2. The number of aliphatic hydroxyl groups excluding tert-OH is 1. The molecular formula is C20H24N4O4S. The Morgan fingerprint density at radius 1 is 1.17 bits per heavy atom. The summed E-state index contributed by atoms with van der Waals surface area (Å²) >= 11 is 1.39. The van der Waals surface area contributed by atoms with Gasteiger partial charge in [0.05, 0.1) is 17.8 Å². The normalized spacial score (nSPS) is 31.0. The molecule has 6 rings (SSSR count). The Bertz CT molecular complexity index is 939. The van der Waals surface area contributed by atoms with Gasteiger partial charge in [0.25, 0.3) is 5.91 Å². The van der Waals surface area contributed by atoms with Crippen molar-refractivity contribution in [2.45, 2.75) is 43.7 Å². The molecule has 4 atom stereocenters. The second-order valence-corrected chi connectivity index (χ2v) is 9.57. The highest BCUT2D eigenvalue weighted by Gasteiger charge is 2.45. The topological polar surface area (TPSA) is 89.7 Å². The number of aromatic nitrogens is 3. The number of nitrogens with zero attached hydrogens (tertiary/aromatic N) is 4. The number of fused-ring (bicyclic) bond motifs is 2. The largest absolute Gasteiger partial charge is 0.485 e. The molecule has 4 aliphatic rings. The van der Waals surface area contributed by atoms with E-state index in [1.165, 1.54) is 24.2 Å². The van der Waals surface area contributed by atoms with Crippen molar-refractivity contribution < 1.29 is 19.4 Å². The minimum atomic E-state index is -0.453. The van der Waals surface area contributed by atoms with Crippen LogP contribution >= 0.6 is 11.3 Å². The molecule has 3 fully saturated rings. The molecule has 8 nitrogen and oxygen atoms in total. The molecule has 2 aliphatic heterocycles. The molecule has 2 saturated carbocycles. The van der Waals surface area contributed by atoms with Crippen molar-refractivity contribution in [3.63, 3.8) is 0 Å². The van der Waals surface area contributed by atoms with Crippen LogP contribution in [0.25, 0.3) is 0 Å². The average molecular weight is 417 g/mol. The van der Waals surface area contributed by atoms with Crippen molar-refractivity contribution in [3.05, 3.63) is 22.1 Å². The zero-order valence-corrected chi connectivity index (χ0v) is 16.9. The number of rotatable bonds is 3. The van der Waals surface area contributed by atoms with Crippen LogP contribution in [0.15, 0.2) is 11.6 Å². The van der Waals surface area contributed by atoms with E-state index in [1.54, 1.807) is 0 Å². The molecule has 2 aromatic rings. The summed E-state index contributed by atoms with van der Waals surface area (Å²) in [6, 6.07) is -0.0578. The van der Waals surface area contributed by atoms with Gasteiger partial charge in [-0.1, -0.05) is 5.21 Å². The van der Waals surface area contributed by atoms with Crippen molar-refractivity contribution >= 4 is 17.2 Å². The number of carbonyl (C=O) groups is 1. The van der Waals surface area contributed by atoms with Crippen molar-refractivity contribution in [2.75, 3.05) is 26.3 Å². The summed E-state index contributed by atoms with van der Waals surface area (Å²) in [5.41, 5.74) is 1.05. The van der Waals surface area contributed by atoms with E-state index in [-0.39, 0.29) is 11.9 Å². The van der Waals surface area contributed by atoms with Crippen LogP contribution in [0.5, 0.6) is 11.5 Å². The SMILES string of the molecule is O=C(c1scc2c1OCCO2)N1C[C@H]2C[C@@H](n3cc(C4CC4)nn3)[C@H](O)C[C@H]2C1. The van der Waals surface area contributed by atoms with Gasteiger partial charge in [-0.3, -0.25) is 4.79 Å². The molecule has 0 radical (unpaired) electrons. The summed E-state index contributed by atoms with van der Waals surface area (Å²) in [7, 11) is 0. The molecule has 0 spiro atoms. The molecule has 0 bridgehead atoms. The lowest BCUT2D eigenvalue weighted by Gasteiger charge is -2.34. The average Bonchev–Trinajstić information content (AvgIpc) is 3.15. The third-order valence-electron chi connectivity index (χ3n) is 6.76. The fourth-order valence-corrected chi connectivity index (χ4v) is 5.93. The van der Waals surface area contributed by atoms with Crippen LogP contribution in [0.1, 0.15) is 53.0 Å². The first-order valence-corrected chi connectivity index (χ1v) is 11.3. The molecule has 2 aliphatic carbocycles. The van der Waals surface area contributed by atoms with Gasteiger partial charge in [0.2, 0.25) is 0 Å². The Balaban J connectivity index is 1.18. The van der Waals surface area contributed by atoms with Crippen molar-refractivity contribution in [1.29, 1.82) is 0 Å². The molecule has 1 N–H and O–H groups in total. The molecule has 9 heteroatoms. The van der Waals surface area contributed by atoms with Gasteiger partial charge in [-0.25, -0.2) is 4.68 Å². The number of amides is 1. The standard InChI is InChI=1S/C20H24N4O4S/c25-16-6-13-8-23(20(26)19-18-17(10-29-19)27-3-4-28-18)7-12(13)5-15(16)24-9-14(21-22-24)11-1-2-11/h9-13,15-16,25H,1-8H2/t12-,13+,15-,16-/m1/s1. The minimum Gasteiger partial charge on any atom is -0.485 e. The highest BCUT2D eigenvalue weighted by molar-refractivity contribution is 7.12. The summed E-state index contributed by atoms with van der Waals surface area (Å²) in [5, 5.41) is 21.2. The van der Waals surface area contributed by atoms with Gasteiger partial charge in [0, 0.05) is 30.6 Å².